The van der Waals surface area contributed by atoms with E-state index < -0.39 is 0 Å². The summed E-state index contributed by atoms with van der Waals surface area (Å²) in [4.78, 5) is 13.1. The molecule has 1 aromatic heterocycles. The minimum atomic E-state index is 0.0415. The van der Waals surface area contributed by atoms with Gasteiger partial charge in [-0.1, -0.05) is 38.1 Å². The SMILES string of the molecule is CC(C)c1ccc(C(=O)/C=C/c2cc(Br)cs2)cc1. The van der Waals surface area contributed by atoms with E-state index in [1.54, 1.807) is 17.4 Å². The molecule has 0 spiro atoms. The van der Waals surface area contributed by atoms with Crippen LogP contribution in [0.1, 0.15) is 40.6 Å². The molecule has 0 N–H and O–H groups in total. The van der Waals surface area contributed by atoms with Gasteiger partial charge in [0.1, 0.15) is 0 Å². The molecule has 98 valence electrons. The molecule has 2 aromatic rings. The Morgan fingerprint density at radius 1 is 1.26 bits per heavy atom. The molecule has 19 heavy (non-hydrogen) atoms. The first kappa shape index (κ1) is 14.2. The van der Waals surface area contributed by atoms with Crippen molar-refractivity contribution in [2.24, 2.45) is 0 Å². The Labute approximate surface area is 126 Å². The third kappa shape index (κ3) is 3.88. The number of rotatable bonds is 4. The molecule has 0 bridgehead atoms. The first-order valence-corrected chi connectivity index (χ1v) is 7.80. The number of halogens is 1. The topological polar surface area (TPSA) is 17.1 Å². The van der Waals surface area contributed by atoms with E-state index in [4.69, 9.17) is 0 Å². The van der Waals surface area contributed by atoms with E-state index in [1.165, 1.54) is 5.56 Å². The van der Waals surface area contributed by atoms with Crippen molar-refractivity contribution in [1.29, 1.82) is 0 Å². The number of allylic oxidation sites excluding steroid dienone is 1. The Balaban J connectivity index is 2.09. The van der Waals surface area contributed by atoms with Crippen molar-refractivity contribution >= 4 is 39.1 Å². The summed E-state index contributed by atoms with van der Waals surface area (Å²) >= 11 is 5.00. The number of carbonyl (C=O) groups is 1. The van der Waals surface area contributed by atoms with Gasteiger partial charge in [-0.25, -0.2) is 0 Å². The van der Waals surface area contributed by atoms with Gasteiger partial charge in [0.25, 0.3) is 0 Å². The molecule has 1 aromatic carbocycles. The van der Waals surface area contributed by atoms with E-state index >= 15 is 0 Å². The van der Waals surface area contributed by atoms with Gasteiger partial charge in [0.05, 0.1) is 0 Å². The van der Waals surface area contributed by atoms with Crippen molar-refractivity contribution in [3.8, 4) is 0 Å². The Morgan fingerprint density at radius 3 is 2.47 bits per heavy atom. The van der Waals surface area contributed by atoms with E-state index in [1.807, 2.05) is 41.8 Å². The Hall–Kier alpha value is -1.19. The summed E-state index contributed by atoms with van der Waals surface area (Å²) in [5.41, 5.74) is 1.99. The quantitative estimate of drug-likeness (QED) is 0.530. The largest absolute Gasteiger partial charge is 0.289 e. The summed E-state index contributed by atoms with van der Waals surface area (Å²) in [5, 5.41) is 2.00. The van der Waals surface area contributed by atoms with E-state index in [0.717, 1.165) is 14.9 Å². The van der Waals surface area contributed by atoms with Gasteiger partial charge in [-0.2, -0.15) is 0 Å². The van der Waals surface area contributed by atoms with Crippen LogP contribution in [0.25, 0.3) is 6.08 Å². The molecule has 1 heterocycles. The molecule has 1 nitrogen and oxygen atoms in total. The lowest BCUT2D eigenvalue weighted by molar-refractivity contribution is 0.104. The van der Waals surface area contributed by atoms with Crippen molar-refractivity contribution in [3.63, 3.8) is 0 Å². The molecular weight excluding hydrogens is 320 g/mol. The second kappa shape index (κ2) is 6.31. The molecule has 0 unspecified atom stereocenters. The van der Waals surface area contributed by atoms with Gasteiger partial charge in [-0.3, -0.25) is 4.79 Å². The number of thiophene rings is 1. The lowest BCUT2D eigenvalue weighted by Crippen LogP contribution is -1.95. The molecular formula is C16H15BrOS. The molecule has 0 atom stereocenters. The summed E-state index contributed by atoms with van der Waals surface area (Å²) in [6.07, 6.45) is 3.48. The van der Waals surface area contributed by atoms with Crippen LogP contribution in [0.15, 0.2) is 46.3 Å². The van der Waals surface area contributed by atoms with Crippen LogP contribution in [-0.2, 0) is 0 Å². The van der Waals surface area contributed by atoms with Gasteiger partial charge in [-0.05, 0) is 45.6 Å². The average molecular weight is 335 g/mol. The number of benzene rings is 1. The molecule has 0 aliphatic rings. The summed E-state index contributed by atoms with van der Waals surface area (Å²) in [6, 6.07) is 9.83. The number of hydrogen-bond acceptors (Lipinski definition) is 2. The van der Waals surface area contributed by atoms with E-state index in [0.29, 0.717) is 5.92 Å². The van der Waals surface area contributed by atoms with Gasteiger partial charge in [0.15, 0.2) is 5.78 Å². The van der Waals surface area contributed by atoms with Gasteiger partial charge in [0.2, 0.25) is 0 Å². The van der Waals surface area contributed by atoms with E-state index in [2.05, 4.69) is 29.8 Å². The minimum absolute atomic E-state index is 0.0415. The molecule has 0 radical (unpaired) electrons. The molecule has 0 saturated carbocycles. The number of carbonyl (C=O) groups excluding carboxylic acids is 1. The molecule has 0 aliphatic carbocycles. The van der Waals surface area contributed by atoms with Crippen LogP contribution in [0.3, 0.4) is 0 Å². The lowest BCUT2D eigenvalue weighted by atomic mass is 10.0. The maximum atomic E-state index is 12.0. The zero-order chi connectivity index (χ0) is 13.8. The van der Waals surface area contributed by atoms with Gasteiger partial charge < -0.3 is 0 Å². The zero-order valence-electron chi connectivity index (χ0n) is 10.9. The van der Waals surface area contributed by atoms with Crippen molar-refractivity contribution < 1.29 is 4.79 Å². The summed E-state index contributed by atoms with van der Waals surface area (Å²) in [5.74, 6) is 0.531. The first-order chi connectivity index (χ1) is 9.06. The lowest BCUT2D eigenvalue weighted by Gasteiger charge is -2.04. The molecule has 3 heteroatoms. The van der Waals surface area contributed by atoms with Crippen LogP contribution in [0, 0.1) is 0 Å². The third-order valence-corrected chi connectivity index (χ3v) is 4.51. The highest BCUT2D eigenvalue weighted by Gasteiger charge is 2.04. The Bertz CT molecular complexity index is 593. The van der Waals surface area contributed by atoms with Crippen LogP contribution in [-0.4, -0.2) is 5.78 Å². The van der Waals surface area contributed by atoms with Crippen molar-refractivity contribution in [2.45, 2.75) is 19.8 Å². The number of ketones is 1. The third-order valence-electron chi connectivity index (χ3n) is 2.85. The molecule has 2 rings (SSSR count). The van der Waals surface area contributed by atoms with E-state index in [-0.39, 0.29) is 5.78 Å². The van der Waals surface area contributed by atoms with Crippen LogP contribution < -0.4 is 0 Å². The fourth-order valence-electron chi connectivity index (χ4n) is 1.70. The maximum Gasteiger partial charge on any atom is 0.185 e. The highest BCUT2D eigenvalue weighted by Crippen LogP contribution is 2.21. The van der Waals surface area contributed by atoms with Crippen LogP contribution >= 0.6 is 27.3 Å². The summed E-state index contributed by atoms with van der Waals surface area (Å²) < 4.78 is 1.05. The number of hydrogen-bond donors (Lipinski definition) is 0. The Kier molecular flexibility index (Phi) is 4.72. The predicted molar refractivity (Wildman–Crippen MR) is 85.9 cm³/mol. The van der Waals surface area contributed by atoms with Gasteiger partial charge in [0, 0.05) is 20.3 Å². The highest BCUT2D eigenvalue weighted by molar-refractivity contribution is 9.10. The fraction of sp³-hybridized carbons (Fsp3) is 0.188. The van der Waals surface area contributed by atoms with Gasteiger partial charge >= 0.3 is 0 Å². The first-order valence-electron chi connectivity index (χ1n) is 6.12. The maximum absolute atomic E-state index is 12.0. The predicted octanol–water partition coefficient (Wildman–Crippen LogP) is 5.53. The standard InChI is InChI=1S/C16H15BrOS/c1-11(2)12-3-5-13(6-4-12)16(18)8-7-15-9-14(17)10-19-15/h3-11H,1-2H3/b8-7+. The van der Waals surface area contributed by atoms with Crippen molar-refractivity contribution in [3.05, 3.63) is 62.3 Å². The average Bonchev–Trinajstić information content (AvgIpc) is 2.82. The minimum Gasteiger partial charge on any atom is -0.289 e. The zero-order valence-corrected chi connectivity index (χ0v) is 13.3. The van der Waals surface area contributed by atoms with Crippen LogP contribution in [0.2, 0.25) is 0 Å². The monoisotopic (exact) mass is 334 g/mol. The van der Waals surface area contributed by atoms with Crippen molar-refractivity contribution in [1.82, 2.24) is 0 Å². The summed E-state index contributed by atoms with van der Waals surface area (Å²) in [6.45, 7) is 4.29. The molecule has 0 amide bonds. The smallest absolute Gasteiger partial charge is 0.185 e. The van der Waals surface area contributed by atoms with Crippen molar-refractivity contribution in [2.75, 3.05) is 0 Å². The fourth-order valence-corrected chi connectivity index (χ4v) is 3.04. The van der Waals surface area contributed by atoms with Crippen LogP contribution in [0.4, 0.5) is 0 Å². The molecule has 0 aliphatic heterocycles. The molecule has 0 saturated heterocycles. The van der Waals surface area contributed by atoms with E-state index in [9.17, 15) is 4.79 Å². The van der Waals surface area contributed by atoms with Crippen LogP contribution in [0.5, 0.6) is 0 Å². The molecule has 0 fully saturated rings. The summed E-state index contributed by atoms with van der Waals surface area (Å²) in [7, 11) is 0. The normalized spacial score (nSPS) is 11.4. The van der Waals surface area contributed by atoms with Gasteiger partial charge in [-0.15, -0.1) is 11.3 Å². The second-order valence-corrected chi connectivity index (χ2v) is 6.50. The Morgan fingerprint density at radius 2 is 1.95 bits per heavy atom. The second-order valence-electron chi connectivity index (χ2n) is 4.64. The highest BCUT2D eigenvalue weighted by atomic mass is 79.9.